The van der Waals surface area contributed by atoms with E-state index in [0.717, 1.165) is 12.2 Å². The number of nitrogens with one attached hydrogen (secondary N) is 1. The van der Waals surface area contributed by atoms with Crippen LogP contribution < -0.4 is 5.32 Å². The van der Waals surface area contributed by atoms with Crippen LogP contribution in [0.15, 0.2) is 48.9 Å². The van der Waals surface area contributed by atoms with E-state index in [1.807, 2.05) is 25.1 Å². The Hall–Kier alpha value is -1.94. The molecule has 2 aromatic rings. The molecule has 0 aliphatic carbocycles. The molecule has 2 rings (SSSR count). The summed E-state index contributed by atoms with van der Waals surface area (Å²) in [5.74, 6) is 0.729. The van der Waals surface area contributed by atoms with E-state index in [9.17, 15) is 5.11 Å². The Balaban J connectivity index is 2.05. The maximum Gasteiger partial charge on any atom is 0.144 e. The fraction of sp³-hybridized carbons (Fsp3) is 0.375. The van der Waals surface area contributed by atoms with Gasteiger partial charge in [-0.1, -0.05) is 37.3 Å². The molecular formula is C16H21N3O. The zero-order chi connectivity index (χ0) is 14.4. The lowest BCUT2D eigenvalue weighted by Gasteiger charge is -2.33. The Morgan fingerprint density at radius 1 is 1.25 bits per heavy atom. The maximum atomic E-state index is 10.1. The highest BCUT2D eigenvalue weighted by molar-refractivity contribution is 5.30. The molecule has 0 amide bonds. The number of hydrogen-bond acceptors (Lipinski definition) is 4. The Labute approximate surface area is 119 Å². The van der Waals surface area contributed by atoms with Gasteiger partial charge in [-0.2, -0.15) is 0 Å². The van der Waals surface area contributed by atoms with Crippen LogP contribution >= 0.6 is 0 Å². The molecule has 0 saturated carbocycles. The summed E-state index contributed by atoms with van der Waals surface area (Å²) in [6.07, 6.45) is 5.36. The van der Waals surface area contributed by atoms with E-state index in [0.29, 0.717) is 6.54 Å². The van der Waals surface area contributed by atoms with Crippen molar-refractivity contribution < 1.29 is 5.11 Å². The number of hydrogen-bond donors (Lipinski definition) is 2. The molecule has 1 aromatic heterocycles. The quantitative estimate of drug-likeness (QED) is 0.847. The summed E-state index contributed by atoms with van der Waals surface area (Å²) in [4.78, 5) is 8.22. The smallest absolute Gasteiger partial charge is 0.144 e. The van der Waals surface area contributed by atoms with E-state index in [-0.39, 0.29) is 5.41 Å². The number of nitrogens with zero attached hydrogens (tertiary/aromatic N) is 2. The average molecular weight is 271 g/mol. The van der Waals surface area contributed by atoms with Crippen molar-refractivity contribution in [3.05, 3.63) is 54.5 Å². The molecule has 1 heterocycles. The molecule has 4 nitrogen and oxygen atoms in total. The van der Waals surface area contributed by atoms with Crippen molar-refractivity contribution >= 4 is 5.82 Å². The first-order valence-corrected chi connectivity index (χ1v) is 6.82. The minimum absolute atomic E-state index is 0.265. The van der Waals surface area contributed by atoms with Crippen LogP contribution in [0.2, 0.25) is 0 Å². The fourth-order valence-corrected chi connectivity index (χ4v) is 2.10. The minimum Gasteiger partial charge on any atom is -0.393 e. The van der Waals surface area contributed by atoms with Crippen molar-refractivity contribution in [2.24, 2.45) is 5.41 Å². The minimum atomic E-state index is -0.424. The zero-order valence-electron chi connectivity index (χ0n) is 12.0. The molecule has 106 valence electrons. The highest BCUT2D eigenvalue weighted by Crippen LogP contribution is 2.27. The average Bonchev–Trinajstić information content (AvgIpc) is 2.47. The van der Waals surface area contributed by atoms with Gasteiger partial charge in [-0.25, -0.2) is 4.98 Å². The molecule has 0 fully saturated rings. The Kier molecular flexibility index (Phi) is 4.69. The van der Waals surface area contributed by atoms with Crippen molar-refractivity contribution in [2.45, 2.75) is 26.4 Å². The maximum absolute atomic E-state index is 10.1. The first-order chi connectivity index (χ1) is 9.60. The topological polar surface area (TPSA) is 58.0 Å². The molecule has 4 heteroatoms. The van der Waals surface area contributed by atoms with Crippen LogP contribution in [0.1, 0.15) is 19.4 Å². The van der Waals surface area contributed by atoms with Gasteiger partial charge < -0.3 is 10.4 Å². The molecule has 2 atom stereocenters. The van der Waals surface area contributed by atoms with E-state index < -0.39 is 6.10 Å². The Morgan fingerprint density at radius 2 is 2.00 bits per heavy atom. The molecule has 20 heavy (non-hydrogen) atoms. The van der Waals surface area contributed by atoms with E-state index in [4.69, 9.17) is 0 Å². The van der Waals surface area contributed by atoms with Gasteiger partial charge in [-0.3, -0.25) is 4.98 Å². The molecular weight excluding hydrogens is 250 g/mol. The second kappa shape index (κ2) is 6.48. The largest absolute Gasteiger partial charge is 0.393 e. The van der Waals surface area contributed by atoms with Crippen molar-refractivity contribution in [3.8, 4) is 0 Å². The van der Waals surface area contributed by atoms with Crippen LogP contribution in [0.5, 0.6) is 0 Å². The highest BCUT2D eigenvalue weighted by atomic mass is 16.3. The van der Waals surface area contributed by atoms with Gasteiger partial charge in [0.2, 0.25) is 0 Å². The number of anilines is 1. The number of aromatic nitrogens is 2. The molecule has 0 bridgehead atoms. The number of rotatable bonds is 6. The van der Waals surface area contributed by atoms with Crippen LogP contribution in [0.3, 0.4) is 0 Å². The molecule has 0 radical (unpaired) electrons. The van der Waals surface area contributed by atoms with Gasteiger partial charge >= 0.3 is 0 Å². The van der Waals surface area contributed by atoms with E-state index in [2.05, 4.69) is 34.3 Å². The Bertz CT molecular complexity index is 516. The third-order valence-electron chi connectivity index (χ3n) is 3.70. The first-order valence-electron chi connectivity index (χ1n) is 6.82. The van der Waals surface area contributed by atoms with Gasteiger partial charge in [0.1, 0.15) is 5.82 Å². The number of benzene rings is 1. The van der Waals surface area contributed by atoms with Crippen molar-refractivity contribution in [2.75, 3.05) is 11.9 Å². The summed E-state index contributed by atoms with van der Waals surface area (Å²) in [6.45, 7) is 4.55. The lowest BCUT2D eigenvalue weighted by molar-refractivity contribution is 0.0619. The zero-order valence-corrected chi connectivity index (χ0v) is 12.0. The third-order valence-corrected chi connectivity index (χ3v) is 3.70. The molecule has 1 aromatic carbocycles. The summed E-state index contributed by atoms with van der Waals surface area (Å²) in [5.41, 5.74) is 0.954. The van der Waals surface area contributed by atoms with Gasteiger partial charge in [0.15, 0.2) is 0 Å². The molecule has 0 saturated heterocycles. The number of aliphatic hydroxyl groups excluding tert-OH is 1. The summed E-state index contributed by atoms with van der Waals surface area (Å²) in [6, 6.07) is 10.2. The summed E-state index contributed by atoms with van der Waals surface area (Å²) in [5, 5.41) is 13.4. The van der Waals surface area contributed by atoms with Crippen LogP contribution in [0.25, 0.3) is 0 Å². The summed E-state index contributed by atoms with van der Waals surface area (Å²) < 4.78 is 0. The predicted molar refractivity (Wildman–Crippen MR) is 80.5 cm³/mol. The molecule has 2 unspecified atom stereocenters. The van der Waals surface area contributed by atoms with Crippen molar-refractivity contribution in [3.63, 3.8) is 0 Å². The van der Waals surface area contributed by atoms with Gasteiger partial charge in [-0.05, 0) is 18.9 Å². The van der Waals surface area contributed by atoms with Crippen molar-refractivity contribution in [1.82, 2.24) is 9.97 Å². The third kappa shape index (κ3) is 3.78. The summed E-state index contributed by atoms with van der Waals surface area (Å²) in [7, 11) is 0. The monoisotopic (exact) mass is 271 g/mol. The van der Waals surface area contributed by atoms with Crippen LogP contribution in [-0.2, 0) is 6.42 Å². The standard InChI is InChI=1S/C16H21N3O/c1-13(20)16(2,10-14-6-4-3-5-7-14)12-19-15-11-17-8-9-18-15/h3-9,11,13,20H,10,12H2,1-2H3,(H,18,19). The van der Waals surface area contributed by atoms with E-state index in [1.165, 1.54) is 5.56 Å². The Morgan fingerprint density at radius 3 is 2.60 bits per heavy atom. The lowest BCUT2D eigenvalue weighted by Crippen LogP contribution is -2.39. The summed E-state index contributed by atoms with van der Waals surface area (Å²) >= 11 is 0. The van der Waals surface area contributed by atoms with Crippen molar-refractivity contribution in [1.29, 1.82) is 0 Å². The number of aliphatic hydroxyl groups is 1. The lowest BCUT2D eigenvalue weighted by atomic mass is 9.79. The van der Waals surface area contributed by atoms with Crippen LogP contribution in [-0.4, -0.2) is 27.7 Å². The second-order valence-electron chi connectivity index (χ2n) is 5.44. The SMILES string of the molecule is CC(O)C(C)(CNc1cnccn1)Cc1ccccc1. The van der Waals surface area contributed by atoms with Gasteiger partial charge in [0, 0.05) is 24.4 Å². The van der Waals surface area contributed by atoms with E-state index >= 15 is 0 Å². The molecule has 2 N–H and O–H groups in total. The fourth-order valence-electron chi connectivity index (χ4n) is 2.10. The van der Waals surface area contributed by atoms with Gasteiger partial charge in [0.25, 0.3) is 0 Å². The molecule has 0 aliphatic heterocycles. The first kappa shape index (κ1) is 14.5. The van der Waals surface area contributed by atoms with E-state index in [1.54, 1.807) is 18.6 Å². The second-order valence-corrected chi connectivity index (χ2v) is 5.44. The van der Waals surface area contributed by atoms with Gasteiger partial charge in [0.05, 0.1) is 12.3 Å². The highest BCUT2D eigenvalue weighted by Gasteiger charge is 2.30. The van der Waals surface area contributed by atoms with Crippen LogP contribution in [0.4, 0.5) is 5.82 Å². The van der Waals surface area contributed by atoms with Gasteiger partial charge in [-0.15, -0.1) is 0 Å². The predicted octanol–water partition coefficient (Wildman–Crippen LogP) is 2.52. The normalized spacial score (nSPS) is 15.3. The molecule has 0 aliphatic rings. The van der Waals surface area contributed by atoms with Crippen LogP contribution in [0, 0.1) is 5.41 Å². The molecule has 0 spiro atoms.